The van der Waals surface area contributed by atoms with E-state index in [2.05, 4.69) is 12.0 Å². The monoisotopic (exact) mass is 320 g/mol. The zero-order valence-corrected chi connectivity index (χ0v) is 14.2. The number of hydrogen-bond acceptors (Lipinski definition) is 2. The number of carbonyl (C=O) groups excluding carboxylic acids is 1. The van der Waals surface area contributed by atoms with Crippen molar-refractivity contribution in [3.05, 3.63) is 39.9 Å². The average molecular weight is 321 g/mol. The SMILES string of the molecule is Cc1nn(C)c(C)c1[C@H]1CCCN1C(=O)c1cc(Cl)cn1C. The van der Waals surface area contributed by atoms with Crippen molar-refractivity contribution in [2.75, 3.05) is 6.54 Å². The van der Waals surface area contributed by atoms with Crippen molar-refractivity contribution in [2.45, 2.75) is 32.7 Å². The molecule has 2 aromatic rings. The van der Waals surface area contributed by atoms with Crippen LogP contribution in [0, 0.1) is 13.8 Å². The third-order valence-electron chi connectivity index (χ3n) is 4.60. The van der Waals surface area contributed by atoms with E-state index in [-0.39, 0.29) is 11.9 Å². The molecule has 6 heteroatoms. The van der Waals surface area contributed by atoms with Crippen molar-refractivity contribution in [1.29, 1.82) is 0 Å². The van der Waals surface area contributed by atoms with Crippen LogP contribution in [0.1, 0.15) is 46.3 Å². The van der Waals surface area contributed by atoms with E-state index in [4.69, 9.17) is 11.6 Å². The van der Waals surface area contributed by atoms with Crippen LogP contribution in [0.15, 0.2) is 12.3 Å². The number of amides is 1. The highest BCUT2D eigenvalue weighted by Crippen LogP contribution is 2.36. The molecule has 22 heavy (non-hydrogen) atoms. The second kappa shape index (κ2) is 5.47. The van der Waals surface area contributed by atoms with Crippen LogP contribution in [0.4, 0.5) is 0 Å². The Labute approximate surface area is 135 Å². The predicted octanol–water partition coefficient (Wildman–Crippen LogP) is 3.01. The van der Waals surface area contributed by atoms with Crippen molar-refractivity contribution >= 4 is 17.5 Å². The molecule has 5 nitrogen and oxygen atoms in total. The maximum atomic E-state index is 12.9. The van der Waals surface area contributed by atoms with E-state index in [9.17, 15) is 4.79 Å². The summed E-state index contributed by atoms with van der Waals surface area (Å²) < 4.78 is 3.69. The van der Waals surface area contributed by atoms with E-state index in [1.807, 2.05) is 30.6 Å². The first-order valence-electron chi connectivity index (χ1n) is 7.53. The van der Waals surface area contributed by atoms with E-state index in [1.54, 1.807) is 16.8 Å². The number of halogens is 1. The summed E-state index contributed by atoms with van der Waals surface area (Å²) in [4.78, 5) is 14.9. The van der Waals surface area contributed by atoms with Crippen LogP contribution in [0.25, 0.3) is 0 Å². The van der Waals surface area contributed by atoms with Crippen LogP contribution in [0.5, 0.6) is 0 Å². The zero-order chi connectivity index (χ0) is 16.0. The van der Waals surface area contributed by atoms with E-state index in [0.29, 0.717) is 10.7 Å². The Kier molecular flexibility index (Phi) is 3.77. The summed E-state index contributed by atoms with van der Waals surface area (Å²) in [5.74, 6) is 0.0413. The fraction of sp³-hybridized carbons (Fsp3) is 0.500. The van der Waals surface area contributed by atoms with Crippen LogP contribution < -0.4 is 0 Å². The highest BCUT2D eigenvalue weighted by molar-refractivity contribution is 6.31. The molecule has 0 bridgehead atoms. The molecule has 1 aliphatic heterocycles. The van der Waals surface area contributed by atoms with Gasteiger partial charge in [0, 0.05) is 38.1 Å². The molecule has 0 aliphatic carbocycles. The molecule has 1 amide bonds. The summed E-state index contributed by atoms with van der Waals surface area (Å²) in [6, 6.07) is 1.84. The molecule has 3 heterocycles. The van der Waals surface area contributed by atoms with Gasteiger partial charge >= 0.3 is 0 Å². The summed E-state index contributed by atoms with van der Waals surface area (Å²) in [5, 5.41) is 5.09. The number of rotatable bonds is 2. The normalized spacial score (nSPS) is 18.2. The maximum Gasteiger partial charge on any atom is 0.271 e. The lowest BCUT2D eigenvalue weighted by Crippen LogP contribution is -2.32. The molecule has 3 rings (SSSR count). The van der Waals surface area contributed by atoms with Gasteiger partial charge in [-0.25, -0.2) is 0 Å². The van der Waals surface area contributed by atoms with Crippen LogP contribution >= 0.6 is 11.6 Å². The number of nitrogens with zero attached hydrogens (tertiary/aromatic N) is 4. The minimum Gasteiger partial charge on any atom is -0.345 e. The standard InChI is InChI=1S/C16H21ClN4O/c1-10-15(11(2)20(4)18-10)13-6-5-7-21(13)16(22)14-8-12(17)9-19(14)3/h8-9,13H,5-7H2,1-4H3/t13-/m1/s1. The quantitative estimate of drug-likeness (QED) is 0.853. The molecule has 0 spiro atoms. The lowest BCUT2D eigenvalue weighted by molar-refractivity contribution is 0.0725. The van der Waals surface area contributed by atoms with Gasteiger partial charge in [-0.1, -0.05) is 11.6 Å². The molecule has 0 N–H and O–H groups in total. The summed E-state index contributed by atoms with van der Waals surface area (Å²) >= 11 is 6.02. The van der Waals surface area contributed by atoms with Gasteiger partial charge in [0.05, 0.1) is 16.8 Å². The average Bonchev–Trinajstić information content (AvgIpc) is 3.10. The van der Waals surface area contributed by atoms with Gasteiger partial charge in [-0.15, -0.1) is 0 Å². The minimum atomic E-state index is 0.0413. The Morgan fingerprint density at radius 2 is 2.09 bits per heavy atom. The van der Waals surface area contributed by atoms with Crippen LogP contribution in [-0.2, 0) is 14.1 Å². The Balaban J connectivity index is 1.97. The fourth-order valence-electron chi connectivity index (χ4n) is 3.47. The van der Waals surface area contributed by atoms with Crippen molar-refractivity contribution in [1.82, 2.24) is 19.2 Å². The molecular formula is C16H21ClN4O. The zero-order valence-electron chi connectivity index (χ0n) is 13.4. The van der Waals surface area contributed by atoms with Gasteiger partial charge in [-0.2, -0.15) is 5.10 Å². The van der Waals surface area contributed by atoms with Crippen molar-refractivity contribution < 1.29 is 4.79 Å². The second-order valence-corrected chi connectivity index (χ2v) is 6.46. The van der Waals surface area contributed by atoms with Gasteiger partial charge in [0.2, 0.25) is 0 Å². The van der Waals surface area contributed by atoms with Gasteiger partial charge in [-0.05, 0) is 32.8 Å². The molecule has 0 radical (unpaired) electrons. The van der Waals surface area contributed by atoms with Gasteiger partial charge in [0.25, 0.3) is 5.91 Å². The molecule has 2 aromatic heterocycles. The minimum absolute atomic E-state index is 0.0413. The lowest BCUT2D eigenvalue weighted by atomic mass is 10.0. The Morgan fingerprint density at radius 3 is 2.64 bits per heavy atom. The number of likely N-dealkylation sites (tertiary alicyclic amines) is 1. The summed E-state index contributed by atoms with van der Waals surface area (Å²) in [7, 11) is 3.80. The number of aryl methyl sites for hydroxylation is 3. The van der Waals surface area contributed by atoms with E-state index < -0.39 is 0 Å². The molecule has 0 unspecified atom stereocenters. The molecule has 1 aliphatic rings. The summed E-state index contributed by atoms with van der Waals surface area (Å²) in [6.45, 7) is 4.86. The van der Waals surface area contributed by atoms with Crippen LogP contribution in [0.3, 0.4) is 0 Å². The third-order valence-corrected chi connectivity index (χ3v) is 4.81. The van der Waals surface area contributed by atoms with Gasteiger partial charge in [0.1, 0.15) is 5.69 Å². The smallest absolute Gasteiger partial charge is 0.271 e. The number of aromatic nitrogens is 3. The number of hydrogen-bond donors (Lipinski definition) is 0. The van der Waals surface area contributed by atoms with E-state index >= 15 is 0 Å². The molecule has 1 atom stereocenters. The summed E-state index contributed by atoms with van der Waals surface area (Å²) in [5.41, 5.74) is 3.96. The topological polar surface area (TPSA) is 43.1 Å². The van der Waals surface area contributed by atoms with Crippen molar-refractivity contribution in [3.8, 4) is 0 Å². The predicted molar refractivity (Wildman–Crippen MR) is 86.1 cm³/mol. The van der Waals surface area contributed by atoms with Gasteiger partial charge in [-0.3, -0.25) is 9.48 Å². The molecule has 1 fully saturated rings. The molecule has 118 valence electrons. The molecule has 0 aromatic carbocycles. The van der Waals surface area contributed by atoms with E-state index in [1.165, 1.54) is 5.56 Å². The molecular weight excluding hydrogens is 300 g/mol. The Morgan fingerprint density at radius 1 is 1.36 bits per heavy atom. The third kappa shape index (κ3) is 2.33. The maximum absolute atomic E-state index is 12.9. The van der Waals surface area contributed by atoms with Crippen molar-refractivity contribution in [2.24, 2.45) is 14.1 Å². The van der Waals surface area contributed by atoms with Gasteiger partial charge in [0.15, 0.2) is 0 Å². The highest BCUT2D eigenvalue weighted by Gasteiger charge is 2.34. The fourth-order valence-corrected chi connectivity index (χ4v) is 3.72. The first-order valence-corrected chi connectivity index (χ1v) is 7.91. The van der Waals surface area contributed by atoms with Gasteiger partial charge < -0.3 is 9.47 Å². The van der Waals surface area contributed by atoms with E-state index in [0.717, 1.165) is 30.8 Å². The highest BCUT2D eigenvalue weighted by atomic mass is 35.5. The number of carbonyl (C=O) groups is 1. The van der Waals surface area contributed by atoms with Crippen LogP contribution in [-0.4, -0.2) is 31.7 Å². The first-order chi connectivity index (χ1) is 10.4. The second-order valence-electron chi connectivity index (χ2n) is 6.02. The molecule has 0 saturated carbocycles. The Bertz CT molecular complexity index is 731. The van der Waals surface area contributed by atoms with Crippen molar-refractivity contribution in [3.63, 3.8) is 0 Å². The molecule has 1 saturated heterocycles. The largest absolute Gasteiger partial charge is 0.345 e. The summed E-state index contributed by atoms with van der Waals surface area (Å²) in [6.07, 6.45) is 3.76. The lowest BCUT2D eigenvalue weighted by Gasteiger charge is -2.25. The van der Waals surface area contributed by atoms with Crippen LogP contribution in [0.2, 0.25) is 5.02 Å². The Hall–Kier alpha value is -1.75. The first kappa shape index (κ1) is 15.2.